The molecule has 0 aliphatic carbocycles. The molecule has 0 bridgehead atoms. The summed E-state index contributed by atoms with van der Waals surface area (Å²) in [6.07, 6.45) is 3.77. The number of rotatable bonds is 7. The molecule has 3 amide bonds. The van der Waals surface area contributed by atoms with Gasteiger partial charge >= 0.3 is 6.03 Å². The van der Waals surface area contributed by atoms with Crippen LogP contribution in [-0.2, 0) is 4.79 Å². The van der Waals surface area contributed by atoms with Crippen molar-refractivity contribution in [3.05, 3.63) is 12.7 Å². The van der Waals surface area contributed by atoms with Crippen LogP contribution < -0.4 is 16.0 Å². The van der Waals surface area contributed by atoms with E-state index in [0.29, 0.717) is 12.5 Å². The second kappa shape index (κ2) is 9.50. The summed E-state index contributed by atoms with van der Waals surface area (Å²) in [5, 5.41) is 8.19. The molecule has 0 radical (unpaired) electrons. The van der Waals surface area contributed by atoms with Crippen LogP contribution in [0.25, 0.3) is 0 Å². The average Bonchev–Trinajstić information content (AvgIpc) is 2.44. The van der Waals surface area contributed by atoms with E-state index in [0.717, 1.165) is 39.0 Å². The summed E-state index contributed by atoms with van der Waals surface area (Å²) >= 11 is 0. The number of hydrogen-bond acceptors (Lipinski definition) is 4. The monoisotopic (exact) mass is 282 g/mol. The molecule has 0 unspecified atom stereocenters. The zero-order chi connectivity index (χ0) is 14.8. The van der Waals surface area contributed by atoms with Crippen molar-refractivity contribution in [1.82, 2.24) is 20.9 Å². The van der Waals surface area contributed by atoms with E-state index in [1.807, 2.05) is 0 Å². The lowest BCUT2D eigenvalue weighted by Gasteiger charge is -2.31. The van der Waals surface area contributed by atoms with Gasteiger partial charge in [0, 0.05) is 6.54 Å². The number of imide groups is 1. The fraction of sp³-hybridized carbons (Fsp3) is 0.714. The second-order valence-electron chi connectivity index (χ2n) is 5.07. The summed E-state index contributed by atoms with van der Waals surface area (Å²) in [5.74, 6) is 0.446. The first kappa shape index (κ1) is 16.7. The molecule has 1 aliphatic heterocycles. The van der Waals surface area contributed by atoms with Gasteiger partial charge in [-0.15, -0.1) is 6.58 Å². The van der Waals surface area contributed by atoms with Crippen LogP contribution in [0.1, 0.15) is 19.8 Å². The molecule has 1 aliphatic rings. The average molecular weight is 282 g/mol. The third-order valence-electron chi connectivity index (χ3n) is 3.42. The first-order valence-corrected chi connectivity index (χ1v) is 7.27. The van der Waals surface area contributed by atoms with E-state index in [1.54, 1.807) is 6.08 Å². The minimum Gasteiger partial charge on any atom is -0.334 e. The van der Waals surface area contributed by atoms with Gasteiger partial charge in [-0.05, 0) is 44.9 Å². The van der Waals surface area contributed by atoms with E-state index in [2.05, 4.69) is 34.4 Å². The summed E-state index contributed by atoms with van der Waals surface area (Å²) < 4.78 is 0. The number of carbonyl (C=O) groups is 2. The van der Waals surface area contributed by atoms with Crippen LogP contribution in [0.4, 0.5) is 4.79 Å². The molecule has 1 saturated heterocycles. The number of nitrogens with zero attached hydrogens (tertiary/aromatic N) is 1. The van der Waals surface area contributed by atoms with Crippen molar-refractivity contribution in [2.24, 2.45) is 5.92 Å². The molecule has 0 aromatic carbocycles. The van der Waals surface area contributed by atoms with Crippen molar-refractivity contribution in [2.45, 2.75) is 19.8 Å². The first-order chi connectivity index (χ1) is 9.65. The van der Waals surface area contributed by atoms with Gasteiger partial charge in [0.2, 0.25) is 5.91 Å². The fourth-order valence-corrected chi connectivity index (χ4v) is 2.28. The Bertz CT molecular complexity index is 325. The van der Waals surface area contributed by atoms with Gasteiger partial charge < -0.3 is 10.6 Å². The molecule has 1 rings (SSSR count). The van der Waals surface area contributed by atoms with E-state index < -0.39 is 6.03 Å². The van der Waals surface area contributed by atoms with Gasteiger partial charge in [0.1, 0.15) is 0 Å². The van der Waals surface area contributed by atoms with E-state index in [1.165, 1.54) is 0 Å². The quantitative estimate of drug-likeness (QED) is 0.588. The first-order valence-electron chi connectivity index (χ1n) is 7.27. The van der Waals surface area contributed by atoms with E-state index in [9.17, 15) is 9.59 Å². The maximum atomic E-state index is 11.7. The lowest BCUT2D eigenvalue weighted by molar-refractivity contribution is -0.121. The highest BCUT2D eigenvalue weighted by Gasteiger charge is 2.20. The topological polar surface area (TPSA) is 73.5 Å². The Hall–Kier alpha value is -1.40. The van der Waals surface area contributed by atoms with Gasteiger partial charge in [0.05, 0.1) is 6.54 Å². The molecule has 0 aromatic heterocycles. The predicted molar refractivity (Wildman–Crippen MR) is 79.4 cm³/mol. The SMILES string of the molecule is C=CCNC(=O)NC(=O)CN1CCC(CNCC)CC1. The summed E-state index contributed by atoms with van der Waals surface area (Å²) in [6.45, 7) is 10.1. The second-order valence-corrected chi connectivity index (χ2v) is 5.07. The van der Waals surface area contributed by atoms with Crippen molar-refractivity contribution < 1.29 is 9.59 Å². The van der Waals surface area contributed by atoms with E-state index in [-0.39, 0.29) is 12.5 Å². The van der Waals surface area contributed by atoms with Crippen molar-refractivity contribution in [2.75, 3.05) is 39.3 Å². The molecule has 6 nitrogen and oxygen atoms in total. The van der Waals surface area contributed by atoms with Crippen LogP contribution in [0, 0.1) is 5.92 Å². The lowest BCUT2D eigenvalue weighted by atomic mass is 9.97. The minimum absolute atomic E-state index is 0.253. The molecule has 114 valence electrons. The molecule has 1 heterocycles. The minimum atomic E-state index is -0.461. The van der Waals surface area contributed by atoms with Crippen LogP contribution in [0.5, 0.6) is 0 Å². The highest BCUT2D eigenvalue weighted by Crippen LogP contribution is 2.15. The van der Waals surface area contributed by atoms with Gasteiger partial charge in [-0.1, -0.05) is 13.0 Å². The van der Waals surface area contributed by atoms with Crippen LogP contribution in [-0.4, -0.2) is 56.1 Å². The number of amides is 3. The van der Waals surface area contributed by atoms with Gasteiger partial charge in [-0.3, -0.25) is 15.0 Å². The molecule has 0 aromatic rings. The maximum absolute atomic E-state index is 11.7. The molecule has 3 N–H and O–H groups in total. The number of likely N-dealkylation sites (tertiary alicyclic amines) is 1. The number of carbonyl (C=O) groups excluding carboxylic acids is 2. The summed E-state index contributed by atoms with van der Waals surface area (Å²) in [5.41, 5.74) is 0. The van der Waals surface area contributed by atoms with Gasteiger partial charge in [-0.2, -0.15) is 0 Å². The van der Waals surface area contributed by atoms with Gasteiger partial charge in [0.15, 0.2) is 0 Å². The molecule has 20 heavy (non-hydrogen) atoms. The van der Waals surface area contributed by atoms with Crippen LogP contribution >= 0.6 is 0 Å². The molecular formula is C14H26N4O2. The zero-order valence-electron chi connectivity index (χ0n) is 12.3. The van der Waals surface area contributed by atoms with Crippen LogP contribution in [0.15, 0.2) is 12.7 Å². The smallest absolute Gasteiger partial charge is 0.321 e. The Labute approximate surface area is 121 Å². The maximum Gasteiger partial charge on any atom is 0.321 e. The van der Waals surface area contributed by atoms with Crippen molar-refractivity contribution >= 4 is 11.9 Å². The Balaban J connectivity index is 2.17. The molecule has 0 atom stereocenters. The van der Waals surface area contributed by atoms with Gasteiger partial charge in [0.25, 0.3) is 0 Å². The third-order valence-corrected chi connectivity index (χ3v) is 3.42. The van der Waals surface area contributed by atoms with Crippen LogP contribution in [0.2, 0.25) is 0 Å². The zero-order valence-corrected chi connectivity index (χ0v) is 12.3. The van der Waals surface area contributed by atoms with Crippen LogP contribution in [0.3, 0.4) is 0 Å². The van der Waals surface area contributed by atoms with E-state index in [4.69, 9.17) is 0 Å². The normalized spacial score (nSPS) is 16.6. The Morgan fingerprint density at radius 1 is 1.35 bits per heavy atom. The molecule has 6 heteroatoms. The van der Waals surface area contributed by atoms with Crippen molar-refractivity contribution in [1.29, 1.82) is 0 Å². The fourth-order valence-electron chi connectivity index (χ4n) is 2.28. The molecule has 0 saturated carbocycles. The number of hydrogen-bond donors (Lipinski definition) is 3. The third kappa shape index (κ3) is 6.68. The largest absolute Gasteiger partial charge is 0.334 e. The van der Waals surface area contributed by atoms with E-state index >= 15 is 0 Å². The van der Waals surface area contributed by atoms with Crippen molar-refractivity contribution in [3.8, 4) is 0 Å². The number of nitrogens with one attached hydrogen (secondary N) is 3. The molecule has 1 fully saturated rings. The van der Waals surface area contributed by atoms with Crippen molar-refractivity contribution in [3.63, 3.8) is 0 Å². The summed E-state index contributed by atoms with van der Waals surface area (Å²) in [6, 6.07) is -0.461. The summed E-state index contributed by atoms with van der Waals surface area (Å²) in [4.78, 5) is 25.1. The highest BCUT2D eigenvalue weighted by molar-refractivity contribution is 5.95. The lowest BCUT2D eigenvalue weighted by Crippen LogP contribution is -2.46. The summed E-state index contributed by atoms with van der Waals surface area (Å²) in [7, 11) is 0. The molecular weight excluding hydrogens is 256 g/mol. The van der Waals surface area contributed by atoms with Gasteiger partial charge in [-0.25, -0.2) is 4.79 Å². The molecule has 0 spiro atoms. The Morgan fingerprint density at radius 3 is 2.65 bits per heavy atom. The number of piperidine rings is 1. The Morgan fingerprint density at radius 2 is 2.05 bits per heavy atom. The standard InChI is InChI=1S/C14H26N4O2/c1-3-7-16-14(20)17-13(19)11-18-8-5-12(6-9-18)10-15-4-2/h3,12,15H,1,4-11H2,2H3,(H2,16,17,19,20). The highest BCUT2D eigenvalue weighted by atomic mass is 16.2. The predicted octanol–water partition coefficient (Wildman–Crippen LogP) is 0.320. The number of urea groups is 1. The Kier molecular flexibility index (Phi) is 7.91.